The lowest BCUT2D eigenvalue weighted by atomic mass is 9.76. The Morgan fingerprint density at radius 3 is 2.66 bits per heavy atom. The van der Waals surface area contributed by atoms with E-state index in [4.69, 9.17) is 35.2 Å². The lowest BCUT2D eigenvalue weighted by Crippen LogP contribution is -3.14. The minimum atomic E-state index is -3.15. The molecule has 1 saturated heterocycles. The van der Waals surface area contributed by atoms with E-state index in [0.717, 1.165) is 0 Å². The number of fused-ring (bicyclic) bond motifs is 3. The van der Waals surface area contributed by atoms with Gasteiger partial charge in [-0.05, 0) is 51.1 Å². The van der Waals surface area contributed by atoms with Gasteiger partial charge in [0.15, 0.2) is 24.3 Å². The molecule has 28 heteroatoms. The third kappa shape index (κ3) is 12.7. The number of hydrogen-bond acceptors (Lipinski definition) is 24. The molecule has 0 spiro atoms. The molecule has 1 aliphatic carbocycles. The summed E-state index contributed by atoms with van der Waals surface area (Å²) < 4.78 is 30.2. The zero-order valence-electron chi connectivity index (χ0n) is 41.6. The van der Waals surface area contributed by atoms with Crippen LogP contribution in [0.2, 0.25) is 0 Å². The average molecular weight is 1140 g/mol. The van der Waals surface area contributed by atoms with Gasteiger partial charge in [0, 0.05) is 66.8 Å². The second kappa shape index (κ2) is 26.1. The maximum Gasteiger partial charge on any atom is 0.343 e. The third-order valence-electron chi connectivity index (χ3n) is 14.8. The Bertz CT molecular complexity index is 2400. The maximum absolute atomic E-state index is 15.2. The summed E-state index contributed by atoms with van der Waals surface area (Å²) in [6.07, 6.45) is -0.693. The molecular weight excluding hydrogens is 1070 g/mol. The van der Waals surface area contributed by atoms with Crippen LogP contribution in [0.4, 0.5) is 0 Å². The number of rotatable bonds is 16. The molecule has 8 rings (SSSR count). The van der Waals surface area contributed by atoms with Crippen molar-refractivity contribution in [3.8, 4) is 11.8 Å². The minimum absolute atomic E-state index is 0.0188. The molecule has 420 valence electrons. The highest BCUT2D eigenvalue weighted by Crippen LogP contribution is 2.52. The van der Waals surface area contributed by atoms with E-state index in [1.54, 1.807) is 18.4 Å². The number of aliphatic carboxylic acids is 1. The topological polar surface area (TPSA) is 380 Å². The van der Waals surface area contributed by atoms with Gasteiger partial charge >= 0.3 is 11.9 Å². The van der Waals surface area contributed by atoms with Crippen molar-refractivity contribution in [3.05, 3.63) is 58.7 Å². The number of esters is 1. The van der Waals surface area contributed by atoms with Crippen LogP contribution in [0.25, 0.3) is 0 Å². The number of aliphatic imine (C=N–C) groups is 2. The van der Waals surface area contributed by atoms with Crippen molar-refractivity contribution in [2.45, 2.75) is 103 Å². The molecule has 16 unspecified atom stereocenters. The summed E-state index contributed by atoms with van der Waals surface area (Å²) in [7, 11) is 7.46. The fraction of sp³-hybridized carbons (Fsp3) is 0.667. The number of ether oxygens (including phenoxy) is 5. The van der Waals surface area contributed by atoms with Crippen LogP contribution in [0.3, 0.4) is 0 Å². The SMILES string of the molecule is CNC(CO)OC1C(OC2OC=C3C(=O)OC4CCC(CO)C4CSSC4C(CO)[NH+]5C=C(C(=O)O)C(NC(N)=NCCCO)=C(C=C6C#CC4(CC4CCN=C(N)N4)SSCC=CC2C63)C5)OC(CO)C(O)C1(O)O. The molecule has 0 aromatic rings. The van der Waals surface area contributed by atoms with Crippen molar-refractivity contribution in [1.82, 2.24) is 16.0 Å². The summed E-state index contributed by atoms with van der Waals surface area (Å²) >= 11 is 0. The van der Waals surface area contributed by atoms with E-state index in [0.29, 0.717) is 54.2 Å². The van der Waals surface area contributed by atoms with Crippen molar-refractivity contribution in [2.75, 3.05) is 71.2 Å². The smallest absolute Gasteiger partial charge is 0.343 e. The zero-order valence-corrected chi connectivity index (χ0v) is 44.9. The van der Waals surface area contributed by atoms with E-state index < -0.39 is 109 Å². The van der Waals surface area contributed by atoms with Gasteiger partial charge in [-0.15, -0.1) is 0 Å². The molecular formula is C48H69N8O16S4+. The van der Waals surface area contributed by atoms with Crippen LogP contribution in [0.5, 0.6) is 0 Å². The molecule has 16 atom stereocenters. The average Bonchev–Trinajstić information content (AvgIpc) is 3.87. The Morgan fingerprint density at radius 2 is 1.95 bits per heavy atom. The van der Waals surface area contributed by atoms with Crippen LogP contribution in [0, 0.1) is 35.5 Å². The number of hydrogen-bond donors (Lipinski definition) is 15. The summed E-state index contributed by atoms with van der Waals surface area (Å²) in [6, 6.07) is -0.967. The molecule has 17 N–H and O–H groups in total. The molecule has 7 aliphatic heterocycles. The van der Waals surface area contributed by atoms with Gasteiger partial charge in [0.05, 0.1) is 48.5 Å². The number of nitrogens with two attached hydrogens (primary N) is 2. The van der Waals surface area contributed by atoms with Crippen molar-refractivity contribution in [3.63, 3.8) is 0 Å². The quantitative estimate of drug-likeness (QED) is 0.0103. The van der Waals surface area contributed by atoms with Crippen LogP contribution < -0.4 is 32.3 Å². The van der Waals surface area contributed by atoms with Gasteiger partial charge in [-0.25, -0.2) is 9.59 Å². The van der Waals surface area contributed by atoms with Crippen molar-refractivity contribution < 1.29 is 84.1 Å². The Hall–Kier alpha value is -3.58. The second-order valence-corrected chi connectivity index (χ2v) is 24.8. The van der Waals surface area contributed by atoms with Crippen molar-refractivity contribution in [1.29, 1.82) is 0 Å². The Balaban J connectivity index is 1.39. The number of aliphatic hydroxyl groups is 8. The lowest BCUT2D eigenvalue weighted by molar-refractivity contribution is -0.870. The number of guanidine groups is 2. The third-order valence-corrected chi connectivity index (χ3v) is 20.9. The molecule has 1 saturated carbocycles. The van der Waals surface area contributed by atoms with Gasteiger partial charge in [0.25, 0.3) is 0 Å². The highest BCUT2D eigenvalue weighted by molar-refractivity contribution is 8.79. The standard InChI is InChI=1S/C48H68N8O16S4/c1-51-35(21-61)71-39-44(70-34(20-60)38(62)48(39,66)67)72-43-28-4-2-13-73-76-47(15-27-8-11-53-45(49)54-27)9-7-24-14-26-16-56(17-29(41(63)64)37(26)55-46(50)52-10-3-12-57)32(19-59)40(47)75-74-23-31-25(18-58)5-6-33(31)69-42(65)30(22-68-43)36(24)28/h2,4,14,17,22,25,27-28,31-36,38-40,43-44,51,57-62,66-67H,3,5-6,8,10-13,15-16,18-21,23H2,1H3,(H,63,64)(H3,49,53,54)(H3,50,52,55)/p+1. The van der Waals surface area contributed by atoms with Crippen LogP contribution in [0.1, 0.15) is 32.1 Å². The molecule has 2 fully saturated rings. The van der Waals surface area contributed by atoms with E-state index in [2.05, 4.69) is 37.8 Å². The van der Waals surface area contributed by atoms with Gasteiger partial charge in [-0.3, -0.25) is 20.2 Å². The van der Waals surface area contributed by atoms with Crippen molar-refractivity contribution >= 4 is 67.0 Å². The Morgan fingerprint density at radius 1 is 1.13 bits per heavy atom. The van der Waals surface area contributed by atoms with E-state index in [1.165, 1.54) is 56.5 Å². The van der Waals surface area contributed by atoms with Gasteiger partial charge < -0.3 is 91.7 Å². The number of carboxylic acid groups (broad SMARTS) is 1. The second-order valence-electron chi connectivity index (χ2n) is 19.6. The first-order valence-electron chi connectivity index (χ1n) is 25.1. The maximum atomic E-state index is 15.2. The highest BCUT2D eigenvalue weighted by atomic mass is 33.1. The van der Waals surface area contributed by atoms with Gasteiger partial charge in [-0.1, -0.05) is 67.2 Å². The van der Waals surface area contributed by atoms with Gasteiger partial charge in [-0.2, -0.15) is 0 Å². The molecule has 24 nitrogen and oxygen atoms in total. The number of aliphatic hydroxyl groups excluding tert-OH is 6. The molecule has 0 radical (unpaired) electrons. The van der Waals surface area contributed by atoms with Crippen LogP contribution in [-0.2, 0) is 33.3 Å². The van der Waals surface area contributed by atoms with E-state index >= 15 is 4.79 Å². The van der Waals surface area contributed by atoms with E-state index in [1.807, 2.05) is 6.08 Å². The number of likely N-dealkylation sites (N-methyl/N-ethyl adjacent to an activating group) is 1. The first-order valence-corrected chi connectivity index (χ1v) is 29.8. The molecule has 0 amide bonds. The normalized spacial score (nSPS) is 36.9. The number of carbonyl (C=O) groups is 2. The summed E-state index contributed by atoms with van der Waals surface area (Å²) in [5, 5.41) is 106. The number of allylic oxidation sites excluding steroid dienone is 1. The monoisotopic (exact) mass is 1140 g/mol. The first-order chi connectivity index (χ1) is 36.6. The minimum Gasteiger partial charge on any atom is -0.477 e. The molecule has 0 aromatic carbocycles. The summed E-state index contributed by atoms with van der Waals surface area (Å²) in [6.45, 7) is -1.67. The first kappa shape index (κ1) is 58.6. The fourth-order valence-corrected chi connectivity index (χ4v) is 17.9. The Labute approximate surface area is 455 Å². The number of nitrogens with zero attached hydrogens (tertiary/aromatic N) is 2. The van der Waals surface area contributed by atoms with Crippen LogP contribution >= 0.6 is 43.2 Å². The number of nitrogens with one attached hydrogen (secondary N) is 4. The highest BCUT2D eigenvalue weighted by Gasteiger charge is 2.59. The van der Waals surface area contributed by atoms with Gasteiger partial charge in [0.2, 0.25) is 12.1 Å². The summed E-state index contributed by atoms with van der Waals surface area (Å²) in [5.41, 5.74) is 13.2. The summed E-state index contributed by atoms with van der Waals surface area (Å²) in [4.78, 5) is 38.1. The number of carbonyl (C=O) groups excluding carboxylic acids is 1. The van der Waals surface area contributed by atoms with E-state index in [9.17, 15) is 50.8 Å². The predicted molar refractivity (Wildman–Crippen MR) is 283 cm³/mol. The molecule has 76 heavy (non-hydrogen) atoms. The van der Waals surface area contributed by atoms with Crippen LogP contribution in [0.15, 0.2) is 68.7 Å². The molecule has 7 heterocycles. The Kier molecular flexibility index (Phi) is 20.1. The van der Waals surface area contributed by atoms with E-state index in [-0.39, 0.29) is 84.9 Å². The molecule has 6 bridgehead atoms. The lowest BCUT2D eigenvalue weighted by Gasteiger charge is -2.48. The molecule has 8 aliphatic rings. The number of quaternary nitrogens is 1. The number of carboxylic acids is 1. The predicted octanol–water partition coefficient (Wildman–Crippen LogP) is -3.68. The fourth-order valence-electron chi connectivity index (χ4n) is 10.8. The summed E-state index contributed by atoms with van der Waals surface area (Å²) in [5.74, 6) is 0.0956. The largest absolute Gasteiger partial charge is 0.477 e. The van der Waals surface area contributed by atoms with Crippen molar-refractivity contribution in [2.24, 2.45) is 45.1 Å². The molecule has 0 aromatic heterocycles. The zero-order chi connectivity index (χ0) is 54.3. The van der Waals surface area contributed by atoms with Crippen LogP contribution in [-0.4, -0.2) is 212 Å². The van der Waals surface area contributed by atoms with Gasteiger partial charge in [0.1, 0.15) is 53.6 Å².